The Morgan fingerprint density at radius 3 is 2.29 bits per heavy atom. The molecule has 1 fully saturated rings. The van der Waals surface area contributed by atoms with Crippen LogP contribution in [-0.4, -0.2) is 42.0 Å². The highest BCUT2D eigenvalue weighted by Crippen LogP contribution is 2.41. The van der Waals surface area contributed by atoms with E-state index >= 15 is 0 Å². The molecule has 0 aliphatic carbocycles. The number of likely N-dealkylation sites (tertiary alicyclic amines) is 1. The first kappa shape index (κ1) is 26.3. The molecule has 6 nitrogen and oxygen atoms in total. The summed E-state index contributed by atoms with van der Waals surface area (Å²) in [6, 6.07) is 12.0. The number of benzene rings is 2. The second-order valence-electron chi connectivity index (χ2n) is 9.87. The lowest BCUT2D eigenvalue weighted by Gasteiger charge is -2.26. The van der Waals surface area contributed by atoms with Gasteiger partial charge in [-0.1, -0.05) is 52.7 Å². The maximum absolute atomic E-state index is 13.3. The van der Waals surface area contributed by atoms with Crippen LogP contribution in [0, 0.1) is 0 Å². The van der Waals surface area contributed by atoms with Crippen molar-refractivity contribution in [1.82, 2.24) is 4.90 Å². The quantitative estimate of drug-likeness (QED) is 0.206. The molecule has 188 valence electrons. The Morgan fingerprint density at radius 1 is 1.03 bits per heavy atom. The van der Waals surface area contributed by atoms with Crippen LogP contribution in [-0.2, 0) is 15.0 Å². The van der Waals surface area contributed by atoms with Crippen molar-refractivity contribution < 1.29 is 24.2 Å². The average Bonchev–Trinajstić information content (AvgIpc) is 3.08. The minimum absolute atomic E-state index is 0.112. The van der Waals surface area contributed by atoms with Crippen molar-refractivity contribution in [2.24, 2.45) is 0 Å². The fourth-order valence-corrected chi connectivity index (χ4v) is 4.48. The van der Waals surface area contributed by atoms with Gasteiger partial charge in [0, 0.05) is 17.7 Å². The van der Waals surface area contributed by atoms with Crippen molar-refractivity contribution in [3.8, 4) is 11.5 Å². The van der Waals surface area contributed by atoms with Crippen molar-refractivity contribution in [2.75, 3.05) is 20.3 Å². The van der Waals surface area contributed by atoms with E-state index < -0.39 is 17.7 Å². The summed E-state index contributed by atoms with van der Waals surface area (Å²) >= 11 is 0. The molecule has 0 spiro atoms. The zero-order valence-electron chi connectivity index (χ0n) is 21.7. The maximum atomic E-state index is 13.3. The molecule has 0 radical (unpaired) electrons. The predicted molar refractivity (Wildman–Crippen MR) is 138 cm³/mol. The molecule has 2 aromatic rings. The molecule has 0 bridgehead atoms. The van der Waals surface area contributed by atoms with E-state index in [1.54, 1.807) is 30.2 Å². The van der Waals surface area contributed by atoms with Crippen LogP contribution in [0.2, 0.25) is 0 Å². The van der Waals surface area contributed by atoms with Crippen LogP contribution < -0.4 is 9.47 Å². The van der Waals surface area contributed by atoms with Crippen molar-refractivity contribution in [1.29, 1.82) is 0 Å². The van der Waals surface area contributed by atoms with Crippen molar-refractivity contribution in [2.45, 2.75) is 65.3 Å². The van der Waals surface area contributed by atoms with E-state index in [1.807, 2.05) is 31.2 Å². The van der Waals surface area contributed by atoms with Gasteiger partial charge in [0.2, 0.25) is 0 Å². The Balaban J connectivity index is 2.16. The van der Waals surface area contributed by atoms with Crippen LogP contribution in [0.25, 0.3) is 5.76 Å². The number of hydrogen-bond donors (Lipinski definition) is 1. The van der Waals surface area contributed by atoms with Gasteiger partial charge in [0.15, 0.2) is 0 Å². The van der Waals surface area contributed by atoms with Crippen molar-refractivity contribution in [3.63, 3.8) is 0 Å². The highest BCUT2D eigenvalue weighted by molar-refractivity contribution is 6.46. The molecule has 2 aromatic carbocycles. The lowest BCUT2D eigenvalue weighted by molar-refractivity contribution is -0.139. The highest BCUT2D eigenvalue weighted by atomic mass is 16.5. The fraction of sp³-hybridized carbons (Fsp3) is 0.448. The lowest BCUT2D eigenvalue weighted by Crippen LogP contribution is -2.30. The van der Waals surface area contributed by atoms with E-state index in [2.05, 4.69) is 27.7 Å². The summed E-state index contributed by atoms with van der Waals surface area (Å²) in [7, 11) is 1.59. The molecule has 1 atom stereocenters. The molecule has 1 aliphatic heterocycles. The Bertz CT molecular complexity index is 1100. The largest absolute Gasteiger partial charge is 0.507 e. The van der Waals surface area contributed by atoms with Crippen molar-refractivity contribution in [3.05, 3.63) is 64.7 Å². The first-order chi connectivity index (χ1) is 16.6. The second kappa shape index (κ2) is 11.0. The van der Waals surface area contributed by atoms with E-state index in [4.69, 9.17) is 9.47 Å². The standard InChI is InChI=1S/C29H37NO5/c1-7-9-10-17-30-25(19-11-14-21(34-6)15-12-19)24(27(32)28(30)33)26(31)20-13-16-23(35-8-2)22(18-20)29(3,4)5/h11-16,18,25,31H,7-10,17H2,1-6H3/b26-24-. The summed E-state index contributed by atoms with van der Waals surface area (Å²) in [5, 5.41) is 11.5. The molecule has 1 N–H and O–H groups in total. The number of amides is 1. The molecule has 3 rings (SSSR count). The van der Waals surface area contributed by atoms with E-state index in [-0.39, 0.29) is 16.7 Å². The number of ketones is 1. The summed E-state index contributed by atoms with van der Waals surface area (Å²) in [4.78, 5) is 28.0. The Kier molecular flexibility index (Phi) is 8.26. The average molecular weight is 480 g/mol. The third-order valence-electron chi connectivity index (χ3n) is 6.33. The van der Waals surface area contributed by atoms with Crippen LogP contribution in [0.15, 0.2) is 48.0 Å². The fourth-order valence-electron chi connectivity index (χ4n) is 4.48. The van der Waals surface area contributed by atoms with E-state index in [0.29, 0.717) is 24.5 Å². The summed E-state index contributed by atoms with van der Waals surface area (Å²) in [5.74, 6) is 0.00783. The third-order valence-corrected chi connectivity index (χ3v) is 6.33. The number of methoxy groups -OCH3 is 1. The van der Waals surface area contributed by atoms with E-state index in [9.17, 15) is 14.7 Å². The number of rotatable bonds is 9. The van der Waals surface area contributed by atoms with Gasteiger partial charge in [0.05, 0.1) is 25.3 Å². The Morgan fingerprint density at radius 2 is 1.71 bits per heavy atom. The monoisotopic (exact) mass is 479 g/mol. The second-order valence-corrected chi connectivity index (χ2v) is 9.87. The normalized spacial score (nSPS) is 17.7. The molecule has 1 amide bonds. The van der Waals surface area contributed by atoms with Crippen LogP contribution >= 0.6 is 0 Å². The van der Waals surface area contributed by atoms with Crippen LogP contribution in [0.5, 0.6) is 11.5 Å². The van der Waals surface area contributed by atoms with Gasteiger partial charge in [0.25, 0.3) is 11.7 Å². The topological polar surface area (TPSA) is 76.1 Å². The molecule has 1 aliphatic rings. The number of unbranched alkanes of at least 4 members (excludes halogenated alkanes) is 2. The first-order valence-electron chi connectivity index (χ1n) is 12.3. The number of hydrogen-bond acceptors (Lipinski definition) is 5. The first-order valence-corrected chi connectivity index (χ1v) is 12.3. The number of aliphatic hydroxyl groups is 1. The van der Waals surface area contributed by atoms with Gasteiger partial charge in [-0.05, 0) is 54.7 Å². The summed E-state index contributed by atoms with van der Waals surface area (Å²) < 4.78 is 11.1. The smallest absolute Gasteiger partial charge is 0.295 e. The Labute approximate surface area is 208 Å². The number of carbonyl (C=O) groups is 2. The Hall–Kier alpha value is -3.28. The van der Waals surface area contributed by atoms with Gasteiger partial charge in [0.1, 0.15) is 17.3 Å². The van der Waals surface area contributed by atoms with Crippen LogP contribution in [0.3, 0.4) is 0 Å². The zero-order valence-corrected chi connectivity index (χ0v) is 21.7. The van der Waals surface area contributed by atoms with Crippen LogP contribution in [0.1, 0.15) is 76.6 Å². The molecule has 1 heterocycles. The highest BCUT2D eigenvalue weighted by Gasteiger charge is 2.45. The van der Waals surface area contributed by atoms with Gasteiger partial charge in [-0.3, -0.25) is 9.59 Å². The van der Waals surface area contributed by atoms with Gasteiger partial charge >= 0.3 is 0 Å². The number of nitrogens with zero attached hydrogens (tertiary/aromatic N) is 1. The zero-order chi connectivity index (χ0) is 25.8. The van der Waals surface area contributed by atoms with Gasteiger partial charge < -0.3 is 19.5 Å². The molecule has 1 unspecified atom stereocenters. The minimum atomic E-state index is -0.664. The number of Topliss-reactive ketones (excluding diaryl/α,β-unsaturated/α-hetero) is 1. The summed E-state index contributed by atoms with van der Waals surface area (Å²) in [6.45, 7) is 11.2. The minimum Gasteiger partial charge on any atom is -0.507 e. The lowest BCUT2D eigenvalue weighted by atomic mass is 9.84. The molecule has 0 aromatic heterocycles. The van der Waals surface area contributed by atoms with E-state index in [0.717, 1.165) is 36.1 Å². The summed E-state index contributed by atoms with van der Waals surface area (Å²) in [6.07, 6.45) is 2.73. The number of carbonyl (C=O) groups excluding carboxylic acids is 2. The molecule has 35 heavy (non-hydrogen) atoms. The van der Waals surface area contributed by atoms with Gasteiger partial charge in [-0.25, -0.2) is 0 Å². The summed E-state index contributed by atoms with van der Waals surface area (Å²) in [5.41, 5.74) is 2.03. The molecule has 6 heteroatoms. The molecular weight excluding hydrogens is 442 g/mol. The third kappa shape index (κ3) is 5.53. The van der Waals surface area contributed by atoms with Crippen LogP contribution in [0.4, 0.5) is 0 Å². The van der Waals surface area contributed by atoms with Crippen molar-refractivity contribution >= 4 is 17.4 Å². The molecule has 1 saturated heterocycles. The molecule has 0 saturated carbocycles. The SMILES string of the molecule is CCCCCN1C(=O)C(=O)/C(=C(\O)c2ccc(OCC)c(C(C)(C)C)c2)C1c1ccc(OC)cc1. The van der Waals surface area contributed by atoms with Gasteiger partial charge in [-0.2, -0.15) is 0 Å². The number of aliphatic hydroxyl groups excluding tert-OH is 1. The van der Waals surface area contributed by atoms with E-state index in [1.165, 1.54) is 0 Å². The maximum Gasteiger partial charge on any atom is 0.295 e. The molecular formula is C29H37NO5. The predicted octanol–water partition coefficient (Wildman–Crippen LogP) is 6.00. The number of ether oxygens (including phenoxy) is 2. The van der Waals surface area contributed by atoms with Gasteiger partial charge in [-0.15, -0.1) is 0 Å².